The highest BCUT2D eigenvalue weighted by atomic mass is 32.1. The molecule has 58 valence electrons. The van der Waals surface area contributed by atoms with Gasteiger partial charge in [-0.05, 0) is 0 Å². The Morgan fingerprint density at radius 3 is 2.91 bits per heavy atom. The summed E-state index contributed by atoms with van der Waals surface area (Å²) in [6.07, 6.45) is 2.14. The Bertz CT molecular complexity index is 301. The van der Waals surface area contributed by atoms with Crippen LogP contribution in [0.15, 0.2) is 17.2 Å². The molecule has 1 heterocycles. The Hall–Kier alpha value is -1.30. The van der Waals surface area contributed by atoms with E-state index in [1.54, 1.807) is 0 Å². The van der Waals surface area contributed by atoms with E-state index in [0.29, 0.717) is 0 Å². The summed E-state index contributed by atoms with van der Waals surface area (Å²) < 4.78 is 4.05. The minimum absolute atomic E-state index is 0.0135. The Kier molecular flexibility index (Phi) is 2.27. The predicted molar refractivity (Wildman–Crippen MR) is 39.3 cm³/mol. The lowest BCUT2D eigenvalue weighted by molar-refractivity contribution is 0.0765. The number of hydrogen-bond donors (Lipinski definition) is 2. The lowest BCUT2D eigenvalue weighted by Gasteiger charge is -1.92. The molecule has 0 saturated carbocycles. The van der Waals surface area contributed by atoms with Crippen LogP contribution in [0.25, 0.3) is 0 Å². The third-order valence-electron chi connectivity index (χ3n) is 0.964. The van der Waals surface area contributed by atoms with Crippen LogP contribution in [0.1, 0.15) is 10.5 Å². The van der Waals surface area contributed by atoms with Gasteiger partial charge in [-0.15, -0.1) is 0 Å². The molecule has 0 atom stereocenters. The molecule has 1 N–H and O–H groups in total. The van der Waals surface area contributed by atoms with Crippen molar-refractivity contribution in [2.75, 3.05) is 0 Å². The second-order valence-corrected chi connectivity index (χ2v) is 1.86. The SMILES string of the molecule is O=C(OS)c1c[nH]c(=O)cn1. The predicted octanol–water partition coefficient (Wildman–Crippen LogP) is -0.229. The van der Waals surface area contributed by atoms with Crippen molar-refractivity contribution >= 4 is 18.9 Å². The van der Waals surface area contributed by atoms with E-state index < -0.39 is 5.97 Å². The molecule has 1 aromatic heterocycles. The van der Waals surface area contributed by atoms with Gasteiger partial charge in [-0.1, -0.05) is 0 Å². The normalized spacial score (nSPS) is 9.18. The van der Waals surface area contributed by atoms with Crippen LogP contribution in [0.3, 0.4) is 0 Å². The van der Waals surface area contributed by atoms with Crippen LogP contribution >= 0.6 is 12.9 Å². The van der Waals surface area contributed by atoms with Crippen molar-refractivity contribution in [3.63, 3.8) is 0 Å². The summed E-state index contributed by atoms with van der Waals surface area (Å²) in [6, 6.07) is 0. The van der Waals surface area contributed by atoms with Crippen molar-refractivity contribution in [2.24, 2.45) is 0 Å². The Balaban J connectivity index is 2.99. The monoisotopic (exact) mass is 172 g/mol. The van der Waals surface area contributed by atoms with Crippen LogP contribution in [-0.2, 0) is 4.18 Å². The number of nitrogens with zero attached hydrogens (tertiary/aromatic N) is 1. The van der Waals surface area contributed by atoms with E-state index >= 15 is 0 Å². The van der Waals surface area contributed by atoms with Gasteiger partial charge in [0.05, 0.1) is 6.20 Å². The summed E-state index contributed by atoms with van der Waals surface area (Å²) >= 11 is 3.27. The summed E-state index contributed by atoms with van der Waals surface area (Å²) in [4.78, 5) is 26.8. The van der Waals surface area contributed by atoms with E-state index in [9.17, 15) is 9.59 Å². The summed E-state index contributed by atoms with van der Waals surface area (Å²) in [7, 11) is 0. The number of H-pyrrole nitrogens is 1. The number of aromatic amines is 1. The number of thiol groups is 1. The van der Waals surface area contributed by atoms with E-state index in [-0.39, 0.29) is 11.3 Å². The molecular formula is C5H4N2O3S. The van der Waals surface area contributed by atoms with E-state index in [1.165, 1.54) is 0 Å². The van der Waals surface area contributed by atoms with Crippen molar-refractivity contribution < 1.29 is 8.98 Å². The zero-order valence-corrected chi connectivity index (χ0v) is 6.17. The molecule has 0 fully saturated rings. The Morgan fingerprint density at radius 1 is 1.73 bits per heavy atom. The number of nitrogens with one attached hydrogen (secondary N) is 1. The van der Waals surface area contributed by atoms with Crippen LogP contribution < -0.4 is 5.56 Å². The van der Waals surface area contributed by atoms with Gasteiger partial charge >= 0.3 is 5.97 Å². The zero-order valence-electron chi connectivity index (χ0n) is 5.27. The number of carbonyl (C=O) groups excluding carboxylic acids is 1. The van der Waals surface area contributed by atoms with Crippen molar-refractivity contribution in [1.82, 2.24) is 9.97 Å². The topological polar surface area (TPSA) is 72.1 Å². The van der Waals surface area contributed by atoms with Crippen LogP contribution in [0, 0.1) is 0 Å². The molecule has 0 unspecified atom stereocenters. The smallest absolute Gasteiger partial charge is 0.370 e. The molecule has 1 aromatic rings. The molecule has 0 aliphatic rings. The van der Waals surface area contributed by atoms with Gasteiger partial charge in [-0.3, -0.25) is 4.79 Å². The fourth-order valence-electron chi connectivity index (χ4n) is 0.501. The number of aromatic nitrogens is 2. The zero-order chi connectivity index (χ0) is 8.27. The number of hydrogen-bond acceptors (Lipinski definition) is 5. The van der Waals surface area contributed by atoms with E-state index in [0.717, 1.165) is 12.4 Å². The molecule has 0 aliphatic carbocycles. The van der Waals surface area contributed by atoms with Crippen LogP contribution in [-0.4, -0.2) is 15.9 Å². The molecule has 0 aromatic carbocycles. The van der Waals surface area contributed by atoms with Gasteiger partial charge in [0, 0.05) is 19.1 Å². The van der Waals surface area contributed by atoms with E-state index in [2.05, 4.69) is 27.1 Å². The number of carbonyl (C=O) groups is 1. The van der Waals surface area contributed by atoms with Crippen LogP contribution in [0.2, 0.25) is 0 Å². The first-order chi connectivity index (χ1) is 5.24. The van der Waals surface area contributed by atoms with Gasteiger partial charge in [-0.2, -0.15) is 0 Å². The average molecular weight is 172 g/mol. The van der Waals surface area contributed by atoms with Gasteiger partial charge < -0.3 is 9.17 Å². The highest BCUT2D eigenvalue weighted by Gasteiger charge is 2.05. The molecule has 0 aliphatic heterocycles. The van der Waals surface area contributed by atoms with Gasteiger partial charge in [0.25, 0.3) is 5.56 Å². The summed E-state index contributed by atoms with van der Waals surface area (Å²) in [6.45, 7) is 0. The molecule has 11 heavy (non-hydrogen) atoms. The van der Waals surface area contributed by atoms with Gasteiger partial charge in [0.1, 0.15) is 0 Å². The molecule has 0 bridgehead atoms. The maximum atomic E-state index is 10.6. The van der Waals surface area contributed by atoms with E-state index in [1.807, 2.05) is 0 Å². The Morgan fingerprint density at radius 2 is 2.45 bits per heavy atom. The molecule has 0 radical (unpaired) electrons. The molecule has 0 amide bonds. The third kappa shape index (κ3) is 1.81. The van der Waals surface area contributed by atoms with Crippen LogP contribution in [0.4, 0.5) is 0 Å². The van der Waals surface area contributed by atoms with Crippen LogP contribution in [0.5, 0.6) is 0 Å². The number of rotatable bonds is 1. The maximum absolute atomic E-state index is 10.6. The minimum Gasteiger partial charge on any atom is -0.390 e. The fourth-order valence-corrected chi connectivity index (χ4v) is 0.594. The van der Waals surface area contributed by atoms with Crippen molar-refractivity contribution in [1.29, 1.82) is 0 Å². The second kappa shape index (κ2) is 3.20. The highest BCUT2D eigenvalue weighted by molar-refractivity contribution is 7.75. The highest BCUT2D eigenvalue weighted by Crippen LogP contribution is 1.93. The lowest BCUT2D eigenvalue weighted by Crippen LogP contribution is -2.10. The first-order valence-electron chi connectivity index (χ1n) is 2.64. The van der Waals surface area contributed by atoms with Crippen molar-refractivity contribution in [3.8, 4) is 0 Å². The third-order valence-corrected chi connectivity index (χ3v) is 1.13. The largest absolute Gasteiger partial charge is 0.390 e. The molecule has 0 spiro atoms. The van der Waals surface area contributed by atoms with Crippen molar-refractivity contribution in [2.45, 2.75) is 0 Å². The molecule has 0 saturated heterocycles. The molecular weight excluding hydrogens is 168 g/mol. The maximum Gasteiger partial charge on any atom is 0.370 e. The van der Waals surface area contributed by atoms with Gasteiger partial charge in [-0.25, -0.2) is 9.78 Å². The quantitative estimate of drug-likeness (QED) is 0.453. The summed E-state index contributed by atoms with van der Waals surface area (Å²) in [5.74, 6) is -0.704. The first kappa shape index (κ1) is 7.80. The van der Waals surface area contributed by atoms with Gasteiger partial charge in [0.15, 0.2) is 5.69 Å². The summed E-state index contributed by atoms with van der Waals surface area (Å²) in [5.41, 5.74) is -0.361. The average Bonchev–Trinajstić information content (AvgIpc) is 2.05. The summed E-state index contributed by atoms with van der Waals surface area (Å²) in [5, 5.41) is 0. The fraction of sp³-hybridized carbons (Fsp3) is 0. The van der Waals surface area contributed by atoms with E-state index in [4.69, 9.17) is 0 Å². The molecule has 1 rings (SSSR count). The second-order valence-electron chi connectivity index (χ2n) is 1.68. The lowest BCUT2D eigenvalue weighted by atomic mass is 10.5. The van der Waals surface area contributed by atoms with Crippen molar-refractivity contribution in [3.05, 3.63) is 28.4 Å². The molecule has 6 heteroatoms. The standard InChI is InChI=1S/C5H4N2O3S/c8-4-2-6-3(1-7-4)5(9)10-11/h1-2,11H,(H,7,8). The van der Waals surface area contributed by atoms with Gasteiger partial charge in [0.2, 0.25) is 0 Å². The molecule has 5 nitrogen and oxygen atoms in total. The Labute approximate surface area is 67.0 Å². The minimum atomic E-state index is -0.704. The first-order valence-corrected chi connectivity index (χ1v) is 3.01.